The van der Waals surface area contributed by atoms with Crippen LogP contribution in [0.3, 0.4) is 0 Å². The van der Waals surface area contributed by atoms with Crippen molar-refractivity contribution in [3.05, 3.63) is 59.9 Å². The monoisotopic (exact) mass is 393 g/mol. The van der Waals surface area contributed by atoms with Crippen LogP contribution >= 0.6 is 12.6 Å². The van der Waals surface area contributed by atoms with E-state index in [1.165, 1.54) is 12.1 Å². The predicted molar refractivity (Wildman–Crippen MR) is 101 cm³/mol. The van der Waals surface area contributed by atoms with E-state index in [9.17, 15) is 19.1 Å². The first-order chi connectivity index (χ1) is 13.0. The van der Waals surface area contributed by atoms with Crippen molar-refractivity contribution in [2.75, 3.05) is 17.7 Å². The third kappa shape index (κ3) is 6.82. The van der Waals surface area contributed by atoms with Crippen molar-refractivity contribution in [3.8, 4) is 5.75 Å². The highest BCUT2D eigenvalue weighted by atomic mass is 32.1. The number of para-hydroxylation sites is 1. The minimum Gasteiger partial charge on any atom is -0.505 e. The van der Waals surface area contributed by atoms with Crippen molar-refractivity contribution in [2.24, 2.45) is 0 Å². The molecule has 0 aliphatic rings. The maximum atomic E-state index is 13.7. The number of rotatable bonds is 8. The Labute approximate surface area is 161 Å². The number of thiol groups is 1. The van der Waals surface area contributed by atoms with Crippen LogP contribution in [0.4, 0.5) is 14.9 Å². The van der Waals surface area contributed by atoms with E-state index in [-0.39, 0.29) is 12.4 Å². The molecule has 6 nitrogen and oxygen atoms in total. The molecule has 144 valence electrons. The number of benzene rings is 2. The molecule has 2 N–H and O–H groups in total. The second-order valence-electron chi connectivity index (χ2n) is 5.62. The molecular weight excluding hydrogens is 373 g/mol. The summed E-state index contributed by atoms with van der Waals surface area (Å²) in [5.74, 6) is -1.78. The number of aromatic hydroxyl groups is 1. The summed E-state index contributed by atoms with van der Waals surface area (Å²) in [7, 11) is 0. The molecule has 2 rings (SSSR count). The Morgan fingerprint density at radius 3 is 2.59 bits per heavy atom. The Balaban J connectivity index is 2.02. The number of hydrogen-bond donors (Lipinski definition) is 3. The van der Waals surface area contributed by atoms with E-state index < -0.39 is 29.7 Å². The molecule has 2 aromatic carbocycles. The smallest absolute Gasteiger partial charge is 0.412 e. The Morgan fingerprint density at radius 1 is 1.19 bits per heavy atom. The van der Waals surface area contributed by atoms with Crippen LogP contribution in [0, 0.1) is 5.82 Å². The third-order valence-corrected chi connectivity index (χ3v) is 3.87. The Kier molecular flexibility index (Phi) is 7.94. The fourth-order valence-electron chi connectivity index (χ4n) is 2.32. The number of phenols is 1. The molecule has 0 saturated heterocycles. The number of carbonyl (C=O) groups is 2. The highest BCUT2D eigenvalue weighted by Crippen LogP contribution is 2.27. The van der Waals surface area contributed by atoms with Gasteiger partial charge in [-0.1, -0.05) is 24.3 Å². The van der Waals surface area contributed by atoms with E-state index >= 15 is 0 Å². The fourth-order valence-corrected chi connectivity index (χ4v) is 2.41. The lowest BCUT2D eigenvalue weighted by Crippen LogP contribution is -2.18. The van der Waals surface area contributed by atoms with E-state index in [2.05, 4.69) is 17.9 Å². The summed E-state index contributed by atoms with van der Waals surface area (Å²) < 4.78 is 24.0. The summed E-state index contributed by atoms with van der Waals surface area (Å²) >= 11 is 3.81. The third-order valence-electron chi connectivity index (χ3n) is 3.62. The van der Waals surface area contributed by atoms with E-state index in [1.54, 1.807) is 24.3 Å². The quantitative estimate of drug-likeness (QED) is 0.358. The molecule has 0 spiro atoms. The summed E-state index contributed by atoms with van der Waals surface area (Å²) in [6.07, 6.45) is -0.789. The molecule has 0 aliphatic heterocycles. The van der Waals surface area contributed by atoms with E-state index in [4.69, 9.17) is 9.47 Å². The molecule has 0 fully saturated rings. The lowest BCUT2D eigenvalue weighted by molar-refractivity contribution is -0.140. The summed E-state index contributed by atoms with van der Waals surface area (Å²) in [6, 6.07) is 12.5. The average molecular weight is 393 g/mol. The van der Waals surface area contributed by atoms with E-state index in [1.807, 2.05) is 6.07 Å². The normalized spacial score (nSPS) is 11.5. The van der Waals surface area contributed by atoms with Crippen molar-refractivity contribution < 1.29 is 28.6 Å². The molecular formula is C19H20FNO5S. The molecule has 8 heteroatoms. The highest BCUT2D eigenvalue weighted by Gasteiger charge is 2.19. The van der Waals surface area contributed by atoms with Crippen molar-refractivity contribution in [1.29, 1.82) is 0 Å². The van der Waals surface area contributed by atoms with Crippen LogP contribution in [0.1, 0.15) is 24.5 Å². The van der Waals surface area contributed by atoms with Gasteiger partial charge in [0, 0.05) is 5.69 Å². The molecule has 0 aliphatic carbocycles. The molecule has 0 saturated carbocycles. The van der Waals surface area contributed by atoms with Crippen LogP contribution in [0.2, 0.25) is 0 Å². The van der Waals surface area contributed by atoms with Crippen molar-refractivity contribution >= 4 is 30.4 Å². The summed E-state index contributed by atoms with van der Waals surface area (Å²) in [4.78, 5) is 23.3. The zero-order valence-electron chi connectivity index (χ0n) is 14.4. The van der Waals surface area contributed by atoms with E-state index in [0.29, 0.717) is 24.1 Å². The maximum Gasteiger partial charge on any atom is 0.412 e. The number of halogens is 1. The van der Waals surface area contributed by atoms with Gasteiger partial charge >= 0.3 is 12.1 Å². The molecule has 0 aromatic heterocycles. The first-order valence-corrected chi connectivity index (χ1v) is 8.90. The fraction of sp³-hybridized carbons (Fsp3) is 0.263. The number of esters is 1. The molecule has 0 heterocycles. The van der Waals surface area contributed by atoms with Gasteiger partial charge in [-0.25, -0.2) is 9.18 Å². The van der Waals surface area contributed by atoms with Crippen LogP contribution in [0.5, 0.6) is 5.75 Å². The van der Waals surface area contributed by atoms with Crippen LogP contribution in [0.25, 0.3) is 0 Å². The van der Waals surface area contributed by atoms with Gasteiger partial charge in [0.1, 0.15) is 6.10 Å². The van der Waals surface area contributed by atoms with Crippen molar-refractivity contribution in [1.82, 2.24) is 0 Å². The van der Waals surface area contributed by atoms with Crippen LogP contribution < -0.4 is 5.32 Å². The van der Waals surface area contributed by atoms with Gasteiger partial charge in [-0.15, -0.1) is 0 Å². The Hall–Kier alpha value is -2.74. The predicted octanol–water partition coefficient (Wildman–Crippen LogP) is 4.07. The average Bonchev–Trinajstić information content (AvgIpc) is 2.67. The number of phenolic OH excluding ortho intramolecular Hbond substituents is 1. The van der Waals surface area contributed by atoms with Crippen LogP contribution in [0.15, 0.2) is 48.5 Å². The largest absolute Gasteiger partial charge is 0.505 e. The molecule has 27 heavy (non-hydrogen) atoms. The summed E-state index contributed by atoms with van der Waals surface area (Å²) in [6.45, 7) is 0.125. The molecule has 0 bridgehead atoms. The van der Waals surface area contributed by atoms with Gasteiger partial charge in [-0.3, -0.25) is 10.1 Å². The van der Waals surface area contributed by atoms with Gasteiger partial charge in [0.2, 0.25) is 0 Å². The van der Waals surface area contributed by atoms with Gasteiger partial charge in [0.25, 0.3) is 0 Å². The molecule has 0 unspecified atom stereocenters. The Bertz CT molecular complexity index is 772. The number of amides is 1. The van der Waals surface area contributed by atoms with Crippen LogP contribution in [-0.4, -0.2) is 29.5 Å². The second kappa shape index (κ2) is 10.4. The van der Waals surface area contributed by atoms with Crippen molar-refractivity contribution in [2.45, 2.75) is 18.9 Å². The Morgan fingerprint density at radius 2 is 1.93 bits per heavy atom. The number of carbonyl (C=O) groups excluding carboxylic acids is 2. The zero-order chi connectivity index (χ0) is 19.6. The van der Waals surface area contributed by atoms with Crippen molar-refractivity contribution in [3.63, 3.8) is 0 Å². The van der Waals surface area contributed by atoms with E-state index in [0.717, 1.165) is 6.07 Å². The van der Waals surface area contributed by atoms with Gasteiger partial charge < -0.3 is 14.6 Å². The molecule has 0 radical (unpaired) electrons. The minimum atomic E-state index is -0.814. The minimum absolute atomic E-state index is 0.0252. The number of hydrogen-bond acceptors (Lipinski definition) is 6. The van der Waals surface area contributed by atoms with Gasteiger partial charge in [0.15, 0.2) is 11.6 Å². The first kappa shape index (κ1) is 20.6. The molecule has 2 aromatic rings. The SMILES string of the molecule is O=C(CS)OCCC[C@@H](OC(=O)Nc1ccccc1)c1ccc(O)c(F)c1. The lowest BCUT2D eigenvalue weighted by Gasteiger charge is -2.19. The zero-order valence-corrected chi connectivity index (χ0v) is 15.3. The molecule has 1 atom stereocenters. The lowest BCUT2D eigenvalue weighted by atomic mass is 10.0. The topological polar surface area (TPSA) is 84.9 Å². The van der Waals surface area contributed by atoms with Gasteiger partial charge in [0.05, 0.1) is 12.4 Å². The first-order valence-electron chi connectivity index (χ1n) is 8.27. The van der Waals surface area contributed by atoms with Gasteiger partial charge in [-0.2, -0.15) is 12.6 Å². The summed E-state index contributed by atoms with van der Waals surface area (Å²) in [5.41, 5.74) is 0.940. The number of nitrogens with one attached hydrogen (secondary N) is 1. The number of ether oxygens (including phenoxy) is 2. The highest BCUT2D eigenvalue weighted by molar-refractivity contribution is 7.81. The standard InChI is InChI=1S/C19H20FNO5S/c20-15-11-13(8-9-16(15)22)17(7-4-10-25-18(23)12-27)26-19(24)21-14-5-2-1-3-6-14/h1-3,5-6,8-9,11,17,22,27H,4,7,10,12H2,(H,21,24)/t17-/m1/s1. The van der Waals surface area contributed by atoms with Gasteiger partial charge in [-0.05, 0) is 42.7 Å². The number of anilines is 1. The second-order valence-corrected chi connectivity index (χ2v) is 5.93. The maximum absolute atomic E-state index is 13.7. The summed E-state index contributed by atoms with van der Waals surface area (Å²) in [5, 5.41) is 11.9. The van der Waals surface area contributed by atoms with Crippen LogP contribution in [-0.2, 0) is 14.3 Å². The molecule has 1 amide bonds.